The Bertz CT molecular complexity index is 770. The van der Waals surface area contributed by atoms with Crippen LogP contribution in [0.15, 0.2) is 12.5 Å². The maximum absolute atomic E-state index is 13.1. The molecule has 0 bridgehead atoms. The van der Waals surface area contributed by atoms with E-state index in [1.54, 1.807) is 0 Å². The number of carboxylic acids is 1. The minimum absolute atomic E-state index is 0.134. The lowest BCUT2D eigenvalue weighted by Gasteiger charge is -2.24. The zero-order chi connectivity index (χ0) is 23.5. The van der Waals surface area contributed by atoms with E-state index in [1.165, 1.54) is 24.3 Å². The molecule has 0 aliphatic carbocycles. The number of nitrogens with zero attached hydrogens (tertiary/aromatic N) is 1. The van der Waals surface area contributed by atoms with Crippen LogP contribution in [-0.4, -0.2) is 93.2 Å². The molecule has 7 N–H and O–H groups in total. The lowest BCUT2D eigenvalue weighted by Crippen LogP contribution is -2.58. The fourth-order valence-electron chi connectivity index (χ4n) is 3.24. The molecular formula is C19H30N6O6S. The molecule has 0 radical (unpaired) electrons. The number of carbonyl (C=O) groups is 4. The largest absolute Gasteiger partial charge is 0.480 e. The van der Waals surface area contributed by atoms with E-state index in [1.807, 2.05) is 6.26 Å². The Kier molecular flexibility index (Phi) is 10.4. The number of imidazole rings is 1. The van der Waals surface area contributed by atoms with Crippen molar-refractivity contribution in [2.75, 3.05) is 25.2 Å². The van der Waals surface area contributed by atoms with E-state index in [0.717, 1.165) is 13.0 Å². The van der Waals surface area contributed by atoms with E-state index in [-0.39, 0.29) is 24.8 Å². The highest BCUT2D eigenvalue weighted by Gasteiger charge is 2.31. The van der Waals surface area contributed by atoms with Gasteiger partial charge in [-0.1, -0.05) is 0 Å². The third kappa shape index (κ3) is 7.80. The topological polar surface area (TPSA) is 186 Å². The van der Waals surface area contributed by atoms with Gasteiger partial charge in [0.25, 0.3) is 0 Å². The minimum Gasteiger partial charge on any atom is -0.480 e. The summed E-state index contributed by atoms with van der Waals surface area (Å²) in [5.74, 6) is -2.47. The molecule has 1 aliphatic rings. The van der Waals surface area contributed by atoms with Gasteiger partial charge in [0.2, 0.25) is 17.7 Å². The first-order chi connectivity index (χ1) is 15.3. The van der Waals surface area contributed by atoms with E-state index in [0.29, 0.717) is 17.9 Å². The summed E-state index contributed by atoms with van der Waals surface area (Å²) in [7, 11) is 0. The van der Waals surface area contributed by atoms with Crippen molar-refractivity contribution in [3.8, 4) is 0 Å². The first-order valence-electron chi connectivity index (χ1n) is 10.3. The second-order valence-corrected chi connectivity index (χ2v) is 8.40. The van der Waals surface area contributed by atoms with Crippen molar-refractivity contribution >= 4 is 35.5 Å². The fourth-order valence-corrected chi connectivity index (χ4v) is 3.71. The highest BCUT2D eigenvalue weighted by Crippen LogP contribution is 2.08. The Hall–Kier alpha value is -2.64. The van der Waals surface area contributed by atoms with Gasteiger partial charge in [-0.3, -0.25) is 14.4 Å². The molecule has 4 unspecified atom stereocenters. The third-order valence-electron chi connectivity index (χ3n) is 5.03. The summed E-state index contributed by atoms with van der Waals surface area (Å²) in [4.78, 5) is 56.2. The fraction of sp³-hybridized carbons (Fsp3) is 0.632. The SMILES string of the molecule is CSCCC(NC(=O)C(Cc1cnc[nH]1)NC(=O)C1CCCN1)C(=O)NC(CO)C(=O)O. The van der Waals surface area contributed by atoms with Crippen LogP contribution in [0.2, 0.25) is 0 Å². The van der Waals surface area contributed by atoms with Crippen molar-refractivity contribution in [2.45, 2.75) is 49.9 Å². The number of aromatic amines is 1. The number of thioether (sulfide) groups is 1. The number of aliphatic hydroxyl groups is 1. The second-order valence-electron chi connectivity index (χ2n) is 7.42. The van der Waals surface area contributed by atoms with Crippen LogP contribution in [0.4, 0.5) is 0 Å². The average molecular weight is 471 g/mol. The number of carboxylic acid groups (broad SMARTS) is 1. The Morgan fingerprint density at radius 2 is 1.91 bits per heavy atom. The van der Waals surface area contributed by atoms with Crippen molar-refractivity contribution in [1.82, 2.24) is 31.2 Å². The highest BCUT2D eigenvalue weighted by molar-refractivity contribution is 7.98. The van der Waals surface area contributed by atoms with E-state index >= 15 is 0 Å². The van der Waals surface area contributed by atoms with Gasteiger partial charge in [0.05, 0.1) is 19.0 Å². The monoisotopic (exact) mass is 470 g/mol. The molecule has 3 amide bonds. The summed E-state index contributed by atoms with van der Waals surface area (Å²) < 4.78 is 0. The molecule has 2 heterocycles. The van der Waals surface area contributed by atoms with Gasteiger partial charge in [0, 0.05) is 18.3 Å². The number of H-pyrrole nitrogens is 1. The van der Waals surface area contributed by atoms with E-state index in [4.69, 9.17) is 5.11 Å². The first-order valence-corrected chi connectivity index (χ1v) is 11.7. The summed E-state index contributed by atoms with van der Waals surface area (Å²) in [5, 5.41) is 28.9. The number of hydrogen-bond acceptors (Lipinski definition) is 8. The van der Waals surface area contributed by atoms with Crippen LogP contribution in [-0.2, 0) is 25.6 Å². The van der Waals surface area contributed by atoms with Gasteiger partial charge < -0.3 is 36.5 Å². The lowest BCUT2D eigenvalue weighted by atomic mass is 10.1. The van der Waals surface area contributed by atoms with Gasteiger partial charge >= 0.3 is 5.97 Å². The maximum Gasteiger partial charge on any atom is 0.328 e. The minimum atomic E-state index is -1.48. The third-order valence-corrected chi connectivity index (χ3v) is 5.67. The molecule has 0 saturated carbocycles. The quantitative estimate of drug-likeness (QED) is 0.171. The lowest BCUT2D eigenvalue weighted by molar-refractivity contribution is -0.143. The van der Waals surface area contributed by atoms with E-state index < -0.39 is 42.5 Å². The second kappa shape index (κ2) is 13.0. The molecule has 0 aromatic carbocycles. The van der Waals surface area contributed by atoms with Crippen molar-refractivity contribution in [3.05, 3.63) is 18.2 Å². The van der Waals surface area contributed by atoms with Crippen LogP contribution in [0.5, 0.6) is 0 Å². The summed E-state index contributed by atoms with van der Waals surface area (Å²) >= 11 is 1.46. The predicted molar refractivity (Wildman–Crippen MR) is 117 cm³/mol. The molecule has 1 aliphatic heterocycles. The van der Waals surface area contributed by atoms with Crippen molar-refractivity contribution in [2.24, 2.45) is 0 Å². The zero-order valence-electron chi connectivity index (χ0n) is 17.8. The van der Waals surface area contributed by atoms with Crippen LogP contribution in [0, 0.1) is 0 Å². The number of rotatable bonds is 13. The summed E-state index contributed by atoms with van der Waals surface area (Å²) in [6.07, 6.45) is 6.74. The molecule has 1 aromatic rings. The molecule has 12 nitrogen and oxygen atoms in total. The van der Waals surface area contributed by atoms with Gasteiger partial charge in [-0.25, -0.2) is 9.78 Å². The standard InChI is InChI=1S/C19H30N6O6S/c1-32-6-4-13(17(28)25-15(9-26)19(30)31)23-18(29)14(7-11-8-20-10-22-11)24-16(27)12-3-2-5-21-12/h8,10,12-15,21,26H,2-7,9H2,1H3,(H,20,22)(H,23,29)(H,24,27)(H,25,28)(H,30,31). The van der Waals surface area contributed by atoms with Crippen LogP contribution in [0.25, 0.3) is 0 Å². The summed E-state index contributed by atoms with van der Waals surface area (Å²) in [6, 6.07) is -3.87. The number of hydrogen-bond donors (Lipinski definition) is 7. The first kappa shape index (κ1) is 25.6. The molecule has 1 aromatic heterocycles. The molecule has 2 rings (SSSR count). The Labute approximate surface area is 189 Å². The molecule has 1 fully saturated rings. The average Bonchev–Trinajstić information content (AvgIpc) is 3.48. The number of aliphatic carboxylic acids is 1. The van der Waals surface area contributed by atoms with Gasteiger partial charge in [-0.05, 0) is 37.8 Å². The molecule has 32 heavy (non-hydrogen) atoms. The van der Waals surface area contributed by atoms with Gasteiger partial charge in [-0.15, -0.1) is 0 Å². The molecule has 13 heteroatoms. The summed E-state index contributed by atoms with van der Waals surface area (Å²) in [5.41, 5.74) is 0.626. The van der Waals surface area contributed by atoms with Crippen LogP contribution in [0.1, 0.15) is 25.0 Å². The van der Waals surface area contributed by atoms with E-state index in [9.17, 15) is 24.3 Å². The number of aliphatic hydroxyl groups excluding tert-OH is 1. The molecule has 178 valence electrons. The molecular weight excluding hydrogens is 440 g/mol. The van der Waals surface area contributed by atoms with Crippen molar-refractivity contribution in [1.29, 1.82) is 0 Å². The number of aromatic nitrogens is 2. The molecule has 0 spiro atoms. The van der Waals surface area contributed by atoms with E-state index in [2.05, 4.69) is 31.2 Å². The number of carbonyl (C=O) groups excluding carboxylic acids is 3. The van der Waals surface area contributed by atoms with Crippen molar-refractivity contribution < 1.29 is 29.4 Å². The highest BCUT2D eigenvalue weighted by atomic mass is 32.2. The normalized spacial score (nSPS) is 18.4. The van der Waals surface area contributed by atoms with Gasteiger partial charge in [-0.2, -0.15) is 11.8 Å². The summed E-state index contributed by atoms with van der Waals surface area (Å²) in [6.45, 7) is -0.0564. The van der Waals surface area contributed by atoms with Crippen molar-refractivity contribution in [3.63, 3.8) is 0 Å². The predicted octanol–water partition coefficient (Wildman–Crippen LogP) is -2.01. The Morgan fingerprint density at radius 1 is 1.19 bits per heavy atom. The van der Waals surface area contributed by atoms with Gasteiger partial charge in [0.15, 0.2) is 0 Å². The van der Waals surface area contributed by atoms with Crippen LogP contribution >= 0.6 is 11.8 Å². The Morgan fingerprint density at radius 3 is 2.47 bits per heavy atom. The maximum atomic E-state index is 13.1. The zero-order valence-corrected chi connectivity index (χ0v) is 18.6. The molecule has 1 saturated heterocycles. The smallest absolute Gasteiger partial charge is 0.328 e. The number of amides is 3. The molecule has 4 atom stereocenters. The van der Waals surface area contributed by atoms with Gasteiger partial charge in [0.1, 0.15) is 18.1 Å². The van der Waals surface area contributed by atoms with Crippen LogP contribution < -0.4 is 21.3 Å². The van der Waals surface area contributed by atoms with Crippen LogP contribution in [0.3, 0.4) is 0 Å². The Balaban J connectivity index is 2.11. The number of nitrogens with one attached hydrogen (secondary N) is 5.